The summed E-state index contributed by atoms with van der Waals surface area (Å²) in [6, 6.07) is 17.3. The van der Waals surface area contributed by atoms with Crippen molar-refractivity contribution in [3.63, 3.8) is 0 Å². The highest BCUT2D eigenvalue weighted by Crippen LogP contribution is 2.28. The topological polar surface area (TPSA) is 46.6 Å². The molecule has 0 unspecified atom stereocenters. The van der Waals surface area contributed by atoms with Gasteiger partial charge in [-0.25, -0.2) is 9.69 Å². The Kier molecular flexibility index (Phi) is 5.53. The lowest BCUT2D eigenvalue weighted by Gasteiger charge is -2.24. The Labute approximate surface area is 155 Å². The molecule has 5 heteroatoms. The van der Waals surface area contributed by atoms with Crippen molar-refractivity contribution < 1.29 is 14.3 Å². The Balaban J connectivity index is 1.82. The van der Waals surface area contributed by atoms with Crippen LogP contribution < -0.4 is 0 Å². The van der Waals surface area contributed by atoms with Gasteiger partial charge in [0.05, 0.1) is 12.0 Å². The van der Waals surface area contributed by atoms with Gasteiger partial charge in [0.25, 0.3) is 0 Å². The quantitative estimate of drug-likeness (QED) is 0.738. The lowest BCUT2D eigenvalue weighted by atomic mass is 9.94. The summed E-state index contributed by atoms with van der Waals surface area (Å²) in [6.45, 7) is 2.20. The van der Waals surface area contributed by atoms with E-state index >= 15 is 0 Å². The van der Waals surface area contributed by atoms with Crippen LogP contribution >= 0.6 is 15.9 Å². The number of halogens is 1. The summed E-state index contributed by atoms with van der Waals surface area (Å²) in [5.74, 6) is -0.537. The summed E-state index contributed by atoms with van der Waals surface area (Å²) < 4.78 is 6.14. The fourth-order valence-corrected chi connectivity index (χ4v) is 3.45. The summed E-state index contributed by atoms with van der Waals surface area (Å²) in [5.41, 5.74) is 1.99. The van der Waals surface area contributed by atoms with Crippen molar-refractivity contribution in [1.82, 2.24) is 4.90 Å². The lowest BCUT2D eigenvalue weighted by molar-refractivity contribution is -0.130. The van der Waals surface area contributed by atoms with Gasteiger partial charge in [-0.1, -0.05) is 65.3 Å². The summed E-state index contributed by atoms with van der Waals surface area (Å²) >= 11 is 3.41. The van der Waals surface area contributed by atoms with Gasteiger partial charge in [-0.3, -0.25) is 4.79 Å². The van der Waals surface area contributed by atoms with Crippen LogP contribution in [0.5, 0.6) is 0 Å². The first-order valence-corrected chi connectivity index (χ1v) is 9.18. The van der Waals surface area contributed by atoms with E-state index in [2.05, 4.69) is 15.9 Å². The number of ether oxygens (including phenoxy) is 1. The SMILES string of the molecule is CC[C@@H](C(=O)N1C(=O)OC[C@H]1Cc1ccccc1)c1ccc(Br)cc1. The smallest absolute Gasteiger partial charge is 0.417 e. The second kappa shape index (κ2) is 7.83. The zero-order valence-corrected chi connectivity index (χ0v) is 15.6. The molecule has 1 heterocycles. The Morgan fingerprint density at radius 1 is 1.20 bits per heavy atom. The van der Waals surface area contributed by atoms with E-state index < -0.39 is 6.09 Å². The van der Waals surface area contributed by atoms with Crippen molar-refractivity contribution in [1.29, 1.82) is 0 Å². The maximum absolute atomic E-state index is 13.1. The molecule has 2 aromatic rings. The molecule has 3 rings (SSSR count). The molecule has 0 bridgehead atoms. The number of carbonyl (C=O) groups is 2. The van der Waals surface area contributed by atoms with Crippen LogP contribution in [0.25, 0.3) is 0 Å². The van der Waals surface area contributed by atoms with Crippen molar-refractivity contribution in [3.05, 3.63) is 70.2 Å². The molecule has 1 fully saturated rings. The van der Waals surface area contributed by atoms with Crippen molar-refractivity contribution in [2.24, 2.45) is 0 Å². The van der Waals surface area contributed by atoms with Gasteiger partial charge >= 0.3 is 6.09 Å². The summed E-state index contributed by atoms with van der Waals surface area (Å²) in [6.07, 6.45) is 0.693. The Hall–Kier alpha value is -2.14. The molecular formula is C20H20BrNO3. The third-order valence-corrected chi connectivity index (χ3v) is 5.02. The summed E-state index contributed by atoms with van der Waals surface area (Å²) in [5, 5.41) is 0. The third kappa shape index (κ3) is 3.93. The van der Waals surface area contributed by atoms with Crippen LogP contribution in [-0.2, 0) is 16.0 Å². The number of carbonyl (C=O) groups excluding carboxylic acids is 2. The summed E-state index contributed by atoms with van der Waals surface area (Å²) in [7, 11) is 0. The standard InChI is InChI=1S/C20H20BrNO3/c1-2-18(15-8-10-16(21)11-9-15)19(23)22-17(13-25-20(22)24)12-14-6-4-3-5-7-14/h3-11,17-18H,2,12-13H2,1H3/t17-,18-/m1/s1. The maximum atomic E-state index is 13.1. The van der Waals surface area contributed by atoms with E-state index in [9.17, 15) is 9.59 Å². The van der Waals surface area contributed by atoms with Gasteiger partial charge in [0.2, 0.25) is 5.91 Å². The minimum Gasteiger partial charge on any atom is -0.447 e. The fraction of sp³-hybridized carbons (Fsp3) is 0.300. The number of imide groups is 1. The highest BCUT2D eigenvalue weighted by Gasteiger charge is 2.40. The molecule has 0 N–H and O–H groups in total. The molecule has 130 valence electrons. The molecule has 0 saturated carbocycles. The Bertz CT molecular complexity index is 745. The first-order chi connectivity index (χ1) is 12.1. The van der Waals surface area contributed by atoms with E-state index in [0.29, 0.717) is 12.8 Å². The van der Waals surface area contributed by atoms with Crippen LogP contribution in [0, 0.1) is 0 Å². The van der Waals surface area contributed by atoms with E-state index in [1.54, 1.807) is 0 Å². The van der Waals surface area contributed by atoms with E-state index in [1.165, 1.54) is 4.90 Å². The Morgan fingerprint density at radius 2 is 1.88 bits per heavy atom. The monoisotopic (exact) mass is 401 g/mol. The maximum Gasteiger partial charge on any atom is 0.417 e. The van der Waals surface area contributed by atoms with E-state index in [4.69, 9.17) is 4.74 Å². The molecule has 4 nitrogen and oxygen atoms in total. The highest BCUT2D eigenvalue weighted by molar-refractivity contribution is 9.10. The normalized spacial score (nSPS) is 18.1. The minimum atomic E-state index is -0.540. The average Bonchev–Trinajstić information content (AvgIpc) is 2.98. The van der Waals surface area contributed by atoms with E-state index in [1.807, 2.05) is 61.5 Å². The number of hydrogen-bond donors (Lipinski definition) is 0. The van der Waals surface area contributed by atoms with Crippen LogP contribution in [0.2, 0.25) is 0 Å². The second-order valence-corrected chi connectivity index (χ2v) is 7.06. The van der Waals surface area contributed by atoms with Gasteiger partial charge in [-0.2, -0.15) is 0 Å². The van der Waals surface area contributed by atoms with Gasteiger partial charge < -0.3 is 4.74 Å². The Morgan fingerprint density at radius 3 is 2.52 bits per heavy atom. The number of amides is 2. The van der Waals surface area contributed by atoms with Crippen LogP contribution in [0.3, 0.4) is 0 Å². The van der Waals surface area contributed by atoms with E-state index in [-0.39, 0.29) is 24.5 Å². The number of benzene rings is 2. The highest BCUT2D eigenvalue weighted by atomic mass is 79.9. The van der Waals surface area contributed by atoms with Gasteiger partial charge in [-0.05, 0) is 36.1 Å². The molecule has 2 amide bonds. The third-order valence-electron chi connectivity index (χ3n) is 4.49. The molecule has 1 saturated heterocycles. The van der Waals surface area contributed by atoms with Gasteiger partial charge in [0.1, 0.15) is 6.61 Å². The molecule has 0 spiro atoms. The molecule has 0 radical (unpaired) electrons. The number of cyclic esters (lactones) is 1. The van der Waals surface area contributed by atoms with Gasteiger partial charge in [0, 0.05) is 4.47 Å². The van der Waals surface area contributed by atoms with Crippen molar-refractivity contribution in [2.45, 2.75) is 31.7 Å². The number of nitrogens with zero attached hydrogens (tertiary/aromatic N) is 1. The molecular weight excluding hydrogens is 382 g/mol. The van der Waals surface area contributed by atoms with Crippen LogP contribution in [-0.4, -0.2) is 29.5 Å². The second-order valence-electron chi connectivity index (χ2n) is 6.14. The zero-order valence-electron chi connectivity index (χ0n) is 14.0. The molecule has 2 aromatic carbocycles. The molecule has 1 aliphatic rings. The lowest BCUT2D eigenvalue weighted by Crippen LogP contribution is -2.42. The van der Waals surface area contributed by atoms with Crippen molar-refractivity contribution in [2.75, 3.05) is 6.61 Å². The summed E-state index contributed by atoms with van der Waals surface area (Å²) in [4.78, 5) is 26.6. The van der Waals surface area contributed by atoms with Crippen LogP contribution in [0.15, 0.2) is 59.1 Å². The largest absolute Gasteiger partial charge is 0.447 e. The first kappa shape index (κ1) is 17.7. The van der Waals surface area contributed by atoms with Crippen molar-refractivity contribution >= 4 is 27.9 Å². The van der Waals surface area contributed by atoms with E-state index in [0.717, 1.165) is 15.6 Å². The first-order valence-electron chi connectivity index (χ1n) is 8.39. The zero-order chi connectivity index (χ0) is 17.8. The molecule has 25 heavy (non-hydrogen) atoms. The number of rotatable bonds is 5. The molecule has 0 aromatic heterocycles. The number of hydrogen-bond acceptors (Lipinski definition) is 3. The van der Waals surface area contributed by atoms with Gasteiger partial charge in [0.15, 0.2) is 0 Å². The predicted molar refractivity (Wildman–Crippen MR) is 99.3 cm³/mol. The molecule has 1 aliphatic heterocycles. The van der Waals surface area contributed by atoms with Gasteiger partial charge in [-0.15, -0.1) is 0 Å². The van der Waals surface area contributed by atoms with Crippen molar-refractivity contribution in [3.8, 4) is 0 Å². The predicted octanol–water partition coefficient (Wildman–Crippen LogP) is 4.53. The molecule has 2 atom stereocenters. The fourth-order valence-electron chi connectivity index (χ4n) is 3.18. The average molecular weight is 402 g/mol. The molecule has 0 aliphatic carbocycles. The van der Waals surface area contributed by atoms with Crippen LogP contribution in [0.1, 0.15) is 30.4 Å². The van der Waals surface area contributed by atoms with Crippen LogP contribution in [0.4, 0.5) is 4.79 Å². The minimum absolute atomic E-state index is 0.187.